The Kier molecular flexibility index (Phi) is 5.16. The molecule has 0 radical (unpaired) electrons. The Morgan fingerprint density at radius 1 is 1.00 bits per heavy atom. The van der Waals surface area contributed by atoms with Gasteiger partial charge in [-0.1, -0.05) is 6.07 Å². The van der Waals surface area contributed by atoms with Gasteiger partial charge in [0, 0.05) is 6.07 Å². The van der Waals surface area contributed by atoms with Crippen LogP contribution in [0.2, 0.25) is 0 Å². The second-order valence-corrected chi connectivity index (χ2v) is 5.04. The van der Waals surface area contributed by atoms with Gasteiger partial charge in [0.15, 0.2) is 5.11 Å². The van der Waals surface area contributed by atoms with Crippen molar-refractivity contribution in [2.75, 3.05) is 24.9 Å². The van der Waals surface area contributed by atoms with Crippen LogP contribution in [-0.4, -0.2) is 19.3 Å². The smallest absolute Gasteiger partial charge is 0.175 e. The van der Waals surface area contributed by atoms with Crippen LogP contribution in [0.25, 0.3) is 0 Å². The van der Waals surface area contributed by atoms with E-state index in [1.807, 2.05) is 13.0 Å². The molecule has 2 aromatic rings. The molecule has 116 valence electrons. The molecule has 0 amide bonds. The molecule has 2 rings (SSSR count). The summed E-state index contributed by atoms with van der Waals surface area (Å²) in [6.07, 6.45) is 0. The number of halogens is 1. The van der Waals surface area contributed by atoms with Gasteiger partial charge in [0.1, 0.15) is 17.3 Å². The van der Waals surface area contributed by atoms with Gasteiger partial charge in [-0.05, 0) is 49.0 Å². The summed E-state index contributed by atoms with van der Waals surface area (Å²) in [4.78, 5) is 0. The minimum atomic E-state index is -0.356. The zero-order valence-corrected chi connectivity index (χ0v) is 13.4. The van der Waals surface area contributed by atoms with Gasteiger partial charge in [0.25, 0.3) is 0 Å². The highest BCUT2D eigenvalue weighted by molar-refractivity contribution is 7.80. The molecule has 2 N–H and O–H groups in total. The van der Waals surface area contributed by atoms with Crippen molar-refractivity contribution in [3.8, 4) is 11.5 Å². The fourth-order valence-electron chi connectivity index (χ4n) is 1.90. The Morgan fingerprint density at radius 3 is 2.32 bits per heavy atom. The molecule has 0 spiro atoms. The monoisotopic (exact) mass is 320 g/mol. The van der Waals surface area contributed by atoms with Crippen LogP contribution in [0.15, 0.2) is 36.4 Å². The van der Waals surface area contributed by atoms with E-state index in [4.69, 9.17) is 21.7 Å². The molecule has 0 saturated carbocycles. The summed E-state index contributed by atoms with van der Waals surface area (Å²) >= 11 is 5.20. The van der Waals surface area contributed by atoms with Gasteiger partial charge in [-0.15, -0.1) is 0 Å². The number of rotatable bonds is 4. The normalized spacial score (nSPS) is 10.0. The van der Waals surface area contributed by atoms with Crippen molar-refractivity contribution < 1.29 is 13.9 Å². The number of anilines is 2. The van der Waals surface area contributed by atoms with E-state index in [1.165, 1.54) is 6.07 Å². The number of hydrogen-bond acceptors (Lipinski definition) is 3. The van der Waals surface area contributed by atoms with Gasteiger partial charge < -0.3 is 20.1 Å². The third-order valence-corrected chi connectivity index (χ3v) is 3.23. The molecule has 0 aliphatic rings. The number of aryl methyl sites for hydroxylation is 1. The SMILES string of the molecule is COc1ccc(NC(=S)Nc2ccc(C)cc2F)c(OC)c1. The molecule has 6 heteroatoms. The standard InChI is InChI=1S/C16H17FN2O2S/c1-10-4-6-13(12(17)8-10)18-16(22)19-14-7-5-11(20-2)9-15(14)21-3/h4-9H,1-3H3,(H2,18,19,22). The molecule has 0 aromatic heterocycles. The summed E-state index contributed by atoms with van der Waals surface area (Å²) in [5, 5.41) is 6.07. The van der Waals surface area contributed by atoms with Crippen LogP contribution in [0.1, 0.15) is 5.56 Å². The summed E-state index contributed by atoms with van der Waals surface area (Å²) < 4.78 is 24.2. The van der Waals surface area contributed by atoms with E-state index < -0.39 is 0 Å². The van der Waals surface area contributed by atoms with Crippen LogP contribution >= 0.6 is 12.2 Å². The summed E-state index contributed by atoms with van der Waals surface area (Å²) in [5.41, 5.74) is 1.82. The molecule has 0 aliphatic carbocycles. The lowest BCUT2D eigenvalue weighted by molar-refractivity contribution is 0.395. The van der Waals surface area contributed by atoms with Gasteiger partial charge >= 0.3 is 0 Å². The average molecular weight is 320 g/mol. The molecule has 0 atom stereocenters. The van der Waals surface area contributed by atoms with E-state index in [-0.39, 0.29) is 10.9 Å². The molecule has 4 nitrogen and oxygen atoms in total. The third-order valence-electron chi connectivity index (χ3n) is 3.03. The number of thiocarbonyl (C=S) groups is 1. The molecule has 0 heterocycles. The lowest BCUT2D eigenvalue weighted by Gasteiger charge is -2.14. The maximum atomic E-state index is 13.8. The Hall–Kier alpha value is -2.34. The highest BCUT2D eigenvalue weighted by Gasteiger charge is 2.08. The maximum absolute atomic E-state index is 13.8. The Labute approximate surface area is 134 Å². The van der Waals surface area contributed by atoms with Gasteiger partial charge in [-0.25, -0.2) is 4.39 Å². The zero-order valence-electron chi connectivity index (χ0n) is 12.6. The molecule has 0 bridgehead atoms. The Morgan fingerprint density at radius 2 is 1.68 bits per heavy atom. The maximum Gasteiger partial charge on any atom is 0.175 e. The van der Waals surface area contributed by atoms with Crippen molar-refractivity contribution in [1.82, 2.24) is 0 Å². The fraction of sp³-hybridized carbons (Fsp3) is 0.188. The molecule has 22 heavy (non-hydrogen) atoms. The number of methoxy groups -OCH3 is 2. The van der Waals surface area contributed by atoms with E-state index in [1.54, 1.807) is 38.5 Å². The highest BCUT2D eigenvalue weighted by atomic mass is 32.1. The second kappa shape index (κ2) is 7.09. The lowest BCUT2D eigenvalue weighted by Crippen LogP contribution is -2.20. The first-order valence-corrected chi connectivity index (χ1v) is 7.00. The highest BCUT2D eigenvalue weighted by Crippen LogP contribution is 2.29. The van der Waals surface area contributed by atoms with E-state index >= 15 is 0 Å². The van der Waals surface area contributed by atoms with E-state index in [9.17, 15) is 4.39 Å². The molecular formula is C16H17FN2O2S. The molecule has 2 aromatic carbocycles. The zero-order chi connectivity index (χ0) is 16.1. The van der Waals surface area contributed by atoms with Crippen LogP contribution in [0.3, 0.4) is 0 Å². The molecule has 0 saturated heterocycles. The van der Waals surface area contributed by atoms with Crippen molar-refractivity contribution in [2.45, 2.75) is 6.92 Å². The van der Waals surface area contributed by atoms with Crippen molar-refractivity contribution in [2.24, 2.45) is 0 Å². The van der Waals surface area contributed by atoms with Crippen molar-refractivity contribution >= 4 is 28.7 Å². The first kappa shape index (κ1) is 16.0. The first-order valence-electron chi connectivity index (χ1n) is 6.59. The van der Waals surface area contributed by atoms with Crippen LogP contribution in [0.4, 0.5) is 15.8 Å². The quantitative estimate of drug-likeness (QED) is 0.835. The van der Waals surface area contributed by atoms with Crippen LogP contribution in [0, 0.1) is 12.7 Å². The van der Waals surface area contributed by atoms with E-state index in [0.29, 0.717) is 22.9 Å². The molecule has 0 unspecified atom stereocenters. The van der Waals surface area contributed by atoms with Crippen LogP contribution < -0.4 is 20.1 Å². The second-order valence-electron chi connectivity index (χ2n) is 4.63. The Balaban J connectivity index is 2.12. The molecule has 0 aliphatic heterocycles. The number of ether oxygens (including phenoxy) is 2. The summed E-state index contributed by atoms with van der Waals surface area (Å²) in [6, 6.07) is 10.2. The first-order chi connectivity index (χ1) is 10.5. The molecule has 0 fully saturated rings. The number of benzene rings is 2. The van der Waals surface area contributed by atoms with Gasteiger partial charge in [-0.2, -0.15) is 0 Å². The Bertz CT molecular complexity index is 692. The lowest BCUT2D eigenvalue weighted by atomic mass is 10.2. The van der Waals surface area contributed by atoms with E-state index in [2.05, 4.69) is 10.6 Å². The topological polar surface area (TPSA) is 42.5 Å². The van der Waals surface area contributed by atoms with Crippen molar-refractivity contribution in [1.29, 1.82) is 0 Å². The number of nitrogens with one attached hydrogen (secondary N) is 2. The summed E-state index contributed by atoms with van der Waals surface area (Å²) in [5.74, 6) is 0.893. The summed E-state index contributed by atoms with van der Waals surface area (Å²) in [7, 11) is 3.13. The molecular weight excluding hydrogens is 303 g/mol. The van der Waals surface area contributed by atoms with Crippen LogP contribution in [-0.2, 0) is 0 Å². The van der Waals surface area contributed by atoms with Crippen molar-refractivity contribution in [3.63, 3.8) is 0 Å². The van der Waals surface area contributed by atoms with Gasteiger partial charge in [-0.3, -0.25) is 0 Å². The van der Waals surface area contributed by atoms with E-state index in [0.717, 1.165) is 5.56 Å². The van der Waals surface area contributed by atoms with Crippen molar-refractivity contribution in [3.05, 3.63) is 47.8 Å². The van der Waals surface area contributed by atoms with Gasteiger partial charge in [0.2, 0.25) is 0 Å². The average Bonchev–Trinajstić information content (AvgIpc) is 2.50. The fourth-order valence-corrected chi connectivity index (χ4v) is 2.12. The van der Waals surface area contributed by atoms with Crippen LogP contribution in [0.5, 0.6) is 11.5 Å². The van der Waals surface area contributed by atoms with Gasteiger partial charge in [0.05, 0.1) is 25.6 Å². The predicted molar refractivity (Wildman–Crippen MR) is 90.5 cm³/mol. The number of hydrogen-bond donors (Lipinski definition) is 2. The largest absolute Gasteiger partial charge is 0.497 e. The predicted octanol–water partition coefficient (Wildman–Crippen LogP) is 3.96. The summed E-state index contributed by atoms with van der Waals surface area (Å²) in [6.45, 7) is 1.83. The third kappa shape index (κ3) is 3.85. The minimum absolute atomic E-state index is 0.270. The minimum Gasteiger partial charge on any atom is -0.497 e.